The highest BCUT2D eigenvalue weighted by atomic mass is 19.4. The summed E-state index contributed by atoms with van der Waals surface area (Å²) in [5.41, 5.74) is -3.31. The van der Waals surface area contributed by atoms with Crippen LogP contribution in [-0.4, -0.2) is 35.4 Å². The standard InChI is InChI=1S/C9H13F3N2O3/c1-3-4-5-13-7(17)14-8(2,6(15)16)9(10,11)12/h3H,1,4-5H2,2H3,(H,15,16)(H2,13,14,17). The average molecular weight is 254 g/mol. The van der Waals surface area contributed by atoms with Gasteiger partial charge in [0.1, 0.15) is 0 Å². The number of carbonyl (C=O) groups excluding carboxylic acids is 1. The Hall–Kier alpha value is -1.73. The van der Waals surface area contributed by atoms with Gasteiger partial charge in [-0.2, -0.15) is 13.2 Å². The topological polar surface area (TPSA) is 78.4 Å². The molecule has 0 spiro atoms. The lowest BCUT2D eigenvalue weighted by atomic mass is 10.0. The highest BCUT2D eigenvalue weighted by Crippen LogP contribution is 2.30. The molecule has 0 aromatic carbocycles. The zero-order valence-electron chi connectivity index (χ0n) is 9.10. The minimum atomic E-state index is -5.09. The van der Waals surface area contributed by atoms with E-state index in [1.807, 2.05) is 0 Å². The van der Waals surface area contributed by atoms with E-state index in [9.17, 15) is 22.8 Å². The predicted octanol–water partition coefficient (Wildman–Crippen LogP) is 1.27. The van der Waals surface area contributed by atoms with E-state index >= 15 is 0 Å². The van der Waals surface area contributed by atoms with E-state index in [2.05, 4.69) is 11.9 Å². The van der Waals surface area contributed by atoms with E-state index in [4.69, 9.17) is 5.11 Å². The van der Waals surface area contributed by atoms with Gasteiger partial charge in [0.2, 0.25) is 5.54 Å². The monoisotopic (exact) mass is 254 g/mol. The maximum atomic E-state index is 12.5. The van der Waals surface area contributed by atoms with Crippen molar-refractivity contribution >= 4 is 12.0 Å². The van der Waals surface area contributed by atoms with E-state index in [0.717, 1.165) is 0 Å². The molecule has 0 saturated heterocycles. The summed E-state index contributed by atoms with van der Waals surface area (Å²) in [5.74, 6) is -2.18. The fourth-order valence-corrected chi connectivity index (χ4v) is 0.805. The number of carboxylic acid groups (broad SMARTS) is 1. The van der Waals surface area contributed by atoms with Crippen LogP contribution in [0.4, 0.5) is 18.0 Å². The van der Waals surface area contributed by atoms with Gasteiger partial charge < -0.3 is 15.7 Å². The summed E-state index contributed by atoms with van der Waals surface area (Å²) in [4.78, 5) is 21.6. The van der Waals surface area contributed by atoms with Crippen LogP contribution in [0.25, 0.3) is 0 Å². The van der Waals surface area contributed by atoms with Crippen molar-refractivity contribution in [2.45, 2.75) is 25.1 Å². The highest BCUT2D eigenvalue weighted by molar-refractivity contribution is 5.86. The second kappa shape index (κ2) is 5.55. The first-order valence-corrected chi connectivity index (χ1v) is 4.62. The first-order chi connectivity index (χ1) is 7.65. The molecule has 0 fully saturated rings. The largest absolute Gasteiger partial charge is 0.479 e. The number of nitrogens with one attached hydrogen (secondary N) is 2. The Bertz CT molecular complexity index is 317. The van der Waals surface area contributed by atoms with Crippen molar-refractivity contribution in [3.05, 3.63) is 12.7 Å². The quantitative estimate of drug-likeness (QED) is 0.510. The molecule has 3 N–H and O–H groups in total. The number of hydrogen-bond donors (Lipinski definition) is 3. The van der Waals surface area contributed by atoms with Gasteiger partial charge in [-0.05, 0) is 13.3 Å². The maximum absolute atomic E-state index is 12.5. The molecule has 0 heterocycles. The number of urea groups is 1. The lowest BCUT2D eigenvalue weighted by molar-refractivity contribution is -0.203. The summed E-state index contributed by atoms with van der Waals surface area (Å²) in [6.45, 7) is 3.80. The molecule has 0 bridgehead atoms. The van der Waals surface area contributed by atoms with Crippen molar-refractivity contribution in [2.75, 3.05) is 6.54 Å². The van der Waals surface area contributed by atoms with Gasteiger partial charge in [-0.25, -0.2) is 9.59 Å². The zero-order valence-corrected chi connectivity index (χ0v) is 9.10. The Kier molecular flexibility index (Phi) is 4.99. The molecule has 98 valence electrons. The number of rotatable bonds is 5. The molecule has 0 aliphatic rings. The van der Waals surface area contributed by atoms with Crippen molar-refractivity contribution in [2.24, 2.45) is 0 Å². The second-order valence-electron chi connectivity index (χ2n) is 3.39. The van der Waals surface area contributed by atoms with Gasteiger partial charge in [-0.15, -0.1) is 6.58 Å². The van der Waals surface area contributed by atoms with Crippen LogP contribution in [-0.2, 0) is 4.79 Å². The molecule has 0 radical (unpaired) electrons. The number of hydrogen-bond acceptors (Lipinski definition) is 2. The number of halogens is 3. The third-order valence-electron chi connectivity index (χ3n) is 1.99. The van der Waals surface area contributed by atoms with Gasteiger partial charge in [0.05, 0.1) is 0 Å². The molecular formula is C9H13F3N2O3. The van der Waals surface area contributed by atoms with Crippen LogP contribution in [0.3, 0.4) is 0 Å². The lowest BCUT2D eigenvalue weighted by Gasteiger charge is -2.28. The van der Waals surface area contributed by atoms with Gasteiger partial charge in [0, 0.05) is 6.54 Å². The van der Waals surface area contributed by atoms with Crippen molar-refractivity contribution in [3.8, 4) is 0 Å². The first-order valence-electron chi connectivity index (χ1n) is 4.62. The Balaban J connectivity index is 4.62. The molecule has 0 aromatic heterocycles. The van der Waals surface area contributed by atoms with Crippen LogP contribution >= 0.6 is 0 Å². The molecular weight excluding hydrogens is 241 g/mol. The Morgan fingerprint density at radius 1 is 1.41 bits per heavy atom. The number of carboxylic acids is 1. The van der Waals surface area contributed by atoms with Gasteiger partial charge in [0.15, 0.2) is 0 Å². The van der Waals surface area contributed by atoms with E-state index in [0.29, 0.717) is 13.3 Å². The van der Waals surface area contributed by atoms with Gasteiger partial charge >= 0.3 is 18.2 Å². The molecule has 2 amide bonds. The minimum absolute atomic E-state index is 0.0723. The Labute approximate surface area is 95.7 Å². The van der Waals surface area contributed by atoms with Gasteiger partial charge in [0.25, 0.3) is 0 Å². The summed E-state index contributed by atoms with van der Waals surface area (Å²) in [5, 5.41) is 12.0. The normalized spacial score (nSPS) is 14.6. The highest BCUT2D eigenvalue weighted by Gasteiger charge is 2.58. The van der Waals surface area contributed by atoms with Gasteiger partial charge in [-0.3, -0.25) is 0 Å². The molecule has 0 rings (SSSR count). The van der Waals surface area contributed by atoms with Crippen molar-refractivity contribution in [1.82, 2.24) is 10.6 Å². The smallest absolute Gasteiger partial charge is 0.422 e. The fraction of sp³-hybridized carbons (Fsp3) is 0.556. The van der Waals surface area contributed by atoms with Gasteiger partial charge in [-0.1, -0.05) is 6.08 Å². The fourth-order valence-electron chi connectivity index (χ4n) is 0.805. The molecule has 0 saturated carbocycles. The van der Waals surface area contributed by atoms with E-state index in [-0.39, 0.29) is 6.54 Å². The van der Waals surface area contributed by atoms with E-state index in [1.54, 1.807) is 0 Å². The third kappa shape index (κ3) is 3.97. The molecule has 0 aromatic rings. The van der Waals surface area contributed by atoms with Crippen LogP contribution in [0.5, 0.6) is 0 Å². The van der Waals surface area contributed by atoms with Crippen molar-refractivity contribution < 1.29 is 27.9 Å². The predicted molar refractivity (Wildman–Crippen MR) is 53.4 cm³/mol. The summed E-state index contributed by atoms with van der Waals surface area (Å²) < 4.78 is 37.4. The maximum Gasteiger partial charge on any atom is 0.422 e. The Morgan fingerprint density at radius 2 is 1.94 bits per heavy atom. The van der Waals surface area contributed by atoms with Crippen LogP contribution in [0, 0.1) is 0 Å². The summed E-state index contributed by atoms with van der Waals surface area (Å²) in [6, 6.07) is -1.20. The summed E-state index contributed by atoms with van der Waals surface area (Å²) in [6.07, 6.45) is -3.27. The minimum Gasteiger partial charge on any atom is -0.479 e. The number of aliphatic carboxylic acids is 1. The molecule has 0 aliphatic heterocycles. The van der Waals surface area contributed by atoms with E-state index in [1.165, 1.54) is 11.4 Å². The van der Waals surface area contributed by atoms with Crippen molar-refractivity contribution in [3.63, 3.8) is 0 Å². The number of amides is 2. The molecule has 0 aliphatic carbocycles. The number of carbonyl (C=O) groups is 2. The lowest BCUT2D eigenvalue weighted by Crippen LogP contribution is -2.63. The van der Waals surface area contributed by atoms with Crippen LogP contribution in [0.15, 0.2) is 12.7 Å². The molecule has 8 heteroatoms. The number of alkyl halides is 3. The third-order valence-corrected chi connectivity index (χ3v) is 1.99. The zero-order chi connectivity index (χ0) is 13.7. The molecule has 1 atom stereocenters. The second-order valence-corrected chi connectivity index (χ2v) is 3.39. The van der Waals surface area contributed by atoms with Crippen LogP contribution in [0.1, 0.15) is 13.3 Å². The summed E-state index contributed by atoms with van der Waals surface area (Å²) >= 11 is 0. The van der Waals surface area contributed by atoms with E-state index < -0.39 is 23.7 Å². The molecule has 5 nitrogen and oxygen atoms in total. The molecule has 1 unspecified atom stereocenters. The summed E-state index contributed by atoms with van der Waals surface area (Å²) in [7, 11) is 0. The average Bonchev–Trinajstić information content (AvgIpc) is 2.15. The van der Waals surface area contributed by atoms with Crippen molar-refractivity contribution in [1.29, 1.82) is 0 Å². The first kappa shape index (κ1) is 15.3. The Morgan fingerprint density at radius 3 is 2.29 bits per heavy atom. The SMILES string of the molecule is C=CCCNC(=O)NC(C)(C(=O)O)C(F)(F)F. The van der Waals surface area contributed by atoms with Crippen LogP contribution in [0.2, 0.25) is 0 Å². The van der Waals surface area contributed by atoms with Crippen LogP contribution < -0.4 is 10.6 Å². The molecule has 17 heavy (non-hydrogen) atoms.